The molecule has 0 amide bonds. The molecular weight excluding hydrogens is 240 g/mol. The van der Waals surface area contributed by atoms with Crippen LogP contribution in [0.5, 0.6) is 0 Å². The van der Waals surface area contributed by atoms with Crippen molar-refractivity contribution >= 4 is 17.3 Å². The van der Waals surface area contributed by atoms with Crippen LogP contribution in [-0.4, -0.2) is 34.5 Å². The monoisotopic (exact) mass is 254 g/mol. The molecule has 1 saturated heterocycles. The first-order chi connectivity index (χ1) is 8.22. The highest BCUT2D eigenvalue weighted by Gasteiger charge is 2.54. The lowest BCUT2D eigenvalue weighted by molar-refractivity contribution is -0.140. The molecule has 1 saturated carbocycles. The van der Waals surface area contributed by atoms with E-state index in [-0.39, 0.29) is 0 Å². The minimum absolute atomic E-state index is 0.402. The van der Waals surface area contributed by atoms with E-state index in [1.807, 2.05) is 0 Å². The standard InChI is InChI=1S/C11H14N2O3S/c14-10(15)11(3-4-11)9-13-12-8(17-9)7-1-5-16-6-2-7/h7H,1-6H2,(H,14,15). The van der Waals surface area contributed by atoms with E-state index < -0.39 is 11.4 Å². The second kappa shape index (κ2) is 4.03. The number of hydrogen-bond donors (Lipinski definition) is 1. The Morgan fingerprint density at radius 3 is 2.65 bits per heavy atom. The van der Waals surface area contributed by atoms with E-state index in [2.05, 4.69) is 10.2 Å². The lowest BCUT2D eigenvalue weighted by Gasteiger charge is -2.19. The van der Waals surface area contributed by atoms with Gasteiger partial charge in [0.15, 0.2) is 0 Å². The van der Waals surface area contributed by atoms with Gasteiger partial charge in [-0.3, -0.25) is 4.79 Å². The van der Waals surface area contributed by atoms with Crippen LogP contribution in [0.4, 0.5) is 0 Å². The molecule has 1 aromatic rings. The van der Waals surface area contributed by atoms with E-state index in [1.54, 1.807) is 0 Å². The average Bonchev–Trinajstić information content (AvgIpc) is 3.02. The Bertz CT molecular complexity index is 436. The first-order valence-corrected chi connectivity index (χ1v) is 6.69. The first-order valence-electron chi connectivity index (χ1n) is 5.87. The van der Waals surface area contributed by atoms with Crippen LogP contribution in [0.3, 0.4) is 0 Å². The van der Waals surface area contributed by atoms with Gasteiger partial charge in [0.05, 0.1) is 0 Å². The van der Waals surface area contributed by atoms with Crippen LogP contribution in [0.25, 0.3) is 0 Å². The Hall–Kier alpha value is -1.01. The van der Waals surface area contributed by atoms with Crippen molar-refractivity contribution in [3.05, 3.63) is 10.0 Å². The summed E-state index contributed by atoms with van der Waals surface area (Å²) in [7, 11) is 0. The Kier molecular flexibility index (Phi) is 2.63. The Labute approximate surface area is 103 Å². The van der Waals surface area contributed by atoms with E-state index in [9.17, 15) is 9.90 Å². The van der Waals surface area contributed by atoms with Gasteiger partial charge in [-0.25, -0.2) is 0 Å². The lowest BCUT2D eigenvalue weighted by Crippen LogP contribution is -2.19. The molecule has 6 heteroatoms. The number of ether oxygens (including phenoxy) is 1. The van der Waals surface area contributed by atoms with Crippen molar-refractivity contribution in [2.75, 3.05) is 13.2 Å². The number of carboxylic acid groups (broad SMARTS) is 1. The maximum absolute atomic E-state index is 11.2. The van der Waals surface area contributed by atoms with Crippen LogP contribution in [-0.2, 0) is 14.9 Å². The molecule has 3 rings (SSSR count). The van der Waals surface area contributed by atoms with Crippen LogP contribution in [0.1, 0.15) is 41.6 Å². The molecule has 0 aromatic carbocycles. The molecule has 0 unspecified atom stereocenters. The molecule has 0 radical (unpaired) electrons. The van der Waals surface area contributed by atoms with Gasteiger partial charge >= 0.3 is 5.97 Å². The van der Waals surface area contributed by atoms with E-state index >= 15 is 0 Å². The topological polar surface area (TPSA) is 72.3 Å². The molecule has 2 fully saturated rings. The van der Waals surface area contributed by atoms with Crippen LogP contribution in [0.2, 0.25) is 0 Å². The number of aromatic nitrogens is 2. The molecule has 1 N–H and O–H groups in total. The predicted molar refractivity (Wildman–Crippen MR) is 61.3 cm³/mol. The van der Waals surface area contributed by atoms with Crippen molar-refractivity contribution in [2.45, 2.75) is 37.0 Å². The summed E-state index contributed by atoms with van der Waals surface area (Å²) < 4.78 is 5.31. The zero-order valence-corrected chi connectivity index (χ0v) is 10.2. The first kappa shape index (κ1) is 11.1. The maximum atomic E-state index is 11.2. The van der Waals surface area contributed by atoms with Gasteiger partial charge in [0, 0.05) is 19.1 Å². The molecule has 0 atom stereocenters. The summed E-state index contributed by atoms with van der Waals surface area (Å²) in [5.41, 5.74) is -0.707. The lowest BCUT2D eigenvalue weighted by atomic mass is 10.0. The van der Waals surface area contributed by atoms with Crippen LogP contribution in [0, 0.1) is 0 Å². The second-order valence-corrected chi connectivity index (χ2v) is 5.73. The van der Waals surface area contributed by atoms with Crippen LogP contribution >= 0.6 is 11.3 Å². The fraction of sp³-hybridized carbons (Fsp3) is 0.727. The number of carboxylic acids is 1. The third kappa shape index (κ3) is 1.85. The minimum Gasteiger partial charge on any atom is -0.481 e. The second-order valence-electron chi connectivity index (χ2n) is 4.72. The molecule has 1 aliphatic carbocycles. The SMILES string of the molecule is O=C(O)C1(c2nnc(C3CCOCC3)s2)CC1. The number of aliphatic carboxylic acids is 1. The molecule has 1 aliphatic heterocycles. The molecular formula is C11H14N2O3S. The highest BCUT2D eigenvalue weighted by atomic mass is 32.1. The van der Waals surface area contributed by atoms with Gasteiger partial charge in [0.25, 0.3) is 0 Å². The van der Waals surface area contributed by atoms with Crippen molar-refractivity contribution in [2.24, 2.45) is 0 Å². The van der Waals surface area contributed by atoms with E-state index in [4.69, 9.17) is 4.74 Å². The van der Waals surface area contributed by atoms with Gasteiger partial charge in [-0.15, -0.1) is 21.5 Å². The Morgan fingerprint density at radius 1 is 1.35 bits per heavy atom. The van der Waals surface area contributed by atoms with E-state index in [0.29, 0.717) is 23.8 Å². The molecule has 0 bridgehead atoms. The molecule has 92 valence electrons. The number of hydrogen-bond acceptors (Lipinski definition) is 5. The van der Waals surface area contributed by atoms with Crippen molar-refractivity contribution in [3.8, 4) is 0 Å². The highest BCUT2D eigenvalue weighted by molar-refractivity contribution is 7.11. The van der Waals surface area contributed by atoms with Crippen LogP contribution < -0.4 is 0 Å². The summed E-state index contributed by atoms with van der Waals surface area (Å²) in [6.07, 6.45) is 3.33. The Morgan fingerprint density at radius 2 is 2.06 bits per heavy atom. The summed E-state index contributed by atoms with van der Waals surface area (Å²) >= 11 is 1.48. The third-order valence-electron chi connectivity index (χ3n) is 3.58. The number of nitrogens with zero attached hydrogens (tertiary/aromatic N) is 2. The van der Waals surface area contributed by atoms with E-state index in [1.165, 1.54) is 11.3 Å². The number of carbonyl (C=O) groups is 1. The van der Waals surface area contributed by atoms with Gasteiger partial charge in [0.2, 0.25) is 0 Å². The third-order valence-corrected chi connectivity index (χ3v) is 4.87. The van der Waals surface area contributed by atoms with Crippen molar-refractivity contribution in [1.29, 1.82) is 0 Å². The number of rotatable bonds is 3. The smallest absolute Gasteiger partial charge is 0.316 e. The normalized spacial score (nSPS) is 23.5. The van der Waals surface area contributed by atoms with Crippen molar-refractivity contribution in [3.63, 3.8) is 0 Å². The molecule has 2 aliphatic rings. The summed E-state index contributed by atoms with van der Waals surface area (Å²) in [5, 5.41) is 19.1. The zero-order valence-electron chi connectivity index (χ0n) is 9.39. The quantitative estimate of drug-likeness (QED) is 0.886. The molecule has 1 aromatic heterocycles. The fourth-order valence-corrected chi connectivity index (χ4v) is 3.43. The maximum Gasteiger partial charge on any atom is 0.316 e. The molecule has 5 nitrogen and oxygen atoms in total. The zero-order chi connectivity index (χ0) is 11.9. The fourth-order valence-electron chi connectivity index (χ4n) is 2.18. The van der Waals surface area contributed by atoms with Gasteiger partial charge in [-0.1, -0.05) is 0 Å². The van der Waals surface area contributed by atoms with Crippen LogP contribution in [0.15, 0.2) is 0 Å². The summed E-state index contributed by atoms with van der Waals surface area (Å²) in [6.45, 7) is 1.54. The molecule has 0 spiro atoms. The molecule has 17 heavy (non-hydrogen) atoms. The van der Waals surface area contributed by atoms with Gasteiger partial charge in [-0.2, -0.15) is 0 Å². The van der Waals surface area contributed by atoms with Gasteiger partial charge in [0.1, 0.15) is 15.4 Å². The van der Waals surface area contributed by atoms with Crippen molar-refractivity contribution in [1.82, 2.24) is 10.2 Å². The molecule has 2 heterocycles. The van der Waals surface area contributed by atoms with Gasteiger partial charge < -0.3 is 9.84 Å². The summed E-state index contributed by atoms with van der Waals surface area (Å²) in [6, 6.07) is 0. The predicted octanol–water partition coefficient (Wildman–Crippen LogP) is 1.55. The average molecular weight is 254 g/mol. The summed E-state index contributed by atoms with van der Waals surface area (Å²) in [4.78, 5) is 11.2. The van der Waals surface area contributed by atoms with Crippen molar-refractivity contribution < 1.29 is 14.6 Å². The highest BCUT2D eigenvalue weighted by Crippen LogP contribution is 2.50. The van der Waals surface area contributed by atoms with E-state index in [0.717, 1.165) is 31.1 Å². The Balaban J connectivity index is 1.80. The minimum atomic E-state index is -0.757. The summed E-state index contributed by atoms with van der Waals surface area (Å²) in [5.74, 6) is -0.355. The van der Waals surface area contributed by atoms with Gasteiger partial charge in [-0.05, 0) is 25.7 Å². The largest absolute Gasteiger partial charge is 0.481 e.